The van der Waals surface area contributed by atoms with Gasteiger partial charge in [0.2, 0.25) is 0 Å². The van der Waals surface area contributed by atoms with Gasteiger partial charge in [-0.3, -0.25) is 4.90 Å². The fourth-order valence-electron chi connectivity index (χ4n) is 4.73. The summed E-state index contributed by atoms with van der Waals surface area (Å²) in [6.07, 6.45) is 3.33. The Hall–Kier alpha value is -2.42. The van der Waals surface area contributed by atoms with Gasteiger partial charge in [0.05, 0.1) is 20.3 Å². The molecule has 1 saturated carbocycles. The van der Waals surface area contributed by atoms with Crippen LogP contribution in [0.1, 0.15) is 57.2 Å². The summed E-state index contributed by atoms with van der Waals surface area (Å²) >= 11 is 0. The average Bonchev–Trinajstić information content (AvgIpc) is 2.71. The molecule has 0 aromatic heterocycles. The molecule has 0 radical (unpaired) electrons. The van der Waals surface area contributed by atoms with E-state index in [9.17, 15) is 10.1 Å². The summed E-state index contributed by atoms with van der Waals surface area (Å²) in [4.78, 5) is 14.7. The van der Waals surface area contributed by atoms with Gasteiger partial charge >= 0.3 is 6.09 Å². The Labute approximate surface area is 173 Å². The second kappa shape index (κ2) is 8.94. The van der Waals surface area contributed by atoms with E-state index < -0.39 is 6.04 Å². The second-order valence-corrected chi connectivity index (χ2v) is 8.63. The number of nitrogens with zero attached hydrogens (tertiary/aromatic N) is 2. The summed E-state index contributed by atoms with van der Waals surface area (Å²) in [6.45, 7) is 7.05. The standard InChI is InChI=1S/C23H32N2O4/c1-14(2)17-7-6-15(3)10-20(17)29-23(26)25-9-8-16-11-21(27-4)22(28-5)12-18(16)19(25)13-24/h11-12,14-15,17,19-20H,6-10H2,1-5H3/t15-,17+,19+,20-/m0/s1. The molecular weight excluding hydrogens is 368 g/mol. The van der Waals surface area contributed by atoms with Crippen molar-refractivity contribution >= 4 is 6.09 Å². The van der Waals surface area contributed by atoms with Crippen molar-refractivity contribution in [2.45, 2.75) is 58.6 Å². The quantitative estimate of drug-likeness (QED) is 0.731. The fraction of sp³-hybridized carbons (Fsp3) is 0.652. The van der Waals surface area contributed by atoms with Gasteiger partial charge in [0, 0.05) is 6.54 Å². The van der Waals surface area contributed by atoms with E-state index in [4.69, 9.17) is 14.2 Å². The van der Waals surface area contributed by atoms with Gasteiger partial charge in [0.1, 0.15) is 12.1 Å². The van der Waals surface area contributed by atoms with Crippen LogP contribution in [0.15, 0.2) is 12.1 Å². The predicted octanol–water partition coefficient (Wildman–Crippen LogP) is 4.72. The smallest absolute Gasteiger partial charge is 0.411 e. The molecule has 1 fully saturated rings. The third-order valence-corrected chi connectivity index (χ3v) is 6.44. The number of benzene rings is 1. The first-order valence-electron chi connectivity index (χ1n) is 10.5. The van der Waals surface area contributed by atoms with Gasteiger partial charge in [0.25, 0.3) is 0 Å². The van der Waals surface area contributed by atoms with Gasteiger partial charge < -0.3 is 14.2 Å². The fourth-order valence-corrected chi connectivity index (χ4v) is 4.73. The summed E-state index contributed by atoms with van der Waals surface area (Å²) in [5.74, 6) is 2.58. The highest BCUT2D eigenvalue weighted by Crippen LogP contribution is 2.39. The Bertz CT molecular complexity index is 786. The minimum Gasteiger partial charge on any atom is -0.493 e. The molecule has 158 valence electrons. The van der Waals surface area contributed by atoms with Gasteiger partial charge in [-0.15, -0.1) is 0 Å². The Morgan fingerprint density at radius 2 is 1.90 bits per heavy atom. The van der Waals surface area contributed by atoms with Crippen LogP contribution in [0.5, 0.6) is 11.5 Å². The lowest BCUT2D eigenvalue weighted by atomic mass is 9.75. The number of hydrogen-bond donors (Lipinski definition) is 0. The molecule has 2 aliphatic rings. The zero-order chi connectivity index (χ0) is 21.1. The van der Waals surface area contributed by atoms with Crippen LogP contribution in [0, 0.1) is 29.1 Å². The monoisotopic (exact) mass is 400 g/mol. The minimum absolute atomic E-state index is 0.0857. The maximum atomic E-state index is 13.1. The van der Waals surface area contributed by atoms with E-state index in [-0.39, 0.29) is 12.2 Å². The van der Waals surface area contributed by atoms with E-state index in [2.05, 4.69) is 26.8 Å². The Morgan fingerprint density at radius 3 is 2.52 bits per heavy atom. The molecule has 1 aliphatic heterocycles. The minimum atomic E-state index is -0.690. The highest BCUT2D eigenvalue weighted by atomic mass is 16.6. The molecule has 0 saturated heterocycles. The van der Waals surface area contributed by atoms with Crippen LogP contribution in [0.3, 0.4) is 0 Å². The van der Waals surface area contributed by atoms with Crippen LogP contribution in [-0.4, -0.2) is 37.9 Å². The number of nitriles is 1. The summed E-state index contributed by atoms with van der Waals surface area (Å²) in [6, 6.07) is 5.31. The number of methoxy groups -OCH3 is 2. The van der Waals surface area contributed by atoms with Crippen LogP contribution in [0.2, 0.25) is 0 Å². The SMILES string of the molecule is COc1cc2c(cc1OC)[C@@H](C#N)N(C(=O)O[C@H]1C[C@@H](C)CC[C@@H]1C(C)C)CC2. The van der Waals surface area contributed by atoms with Crippen LogP contribution in [-0.2, 0) is 11.2 Å². The van der Waals surface area contributed by atoms with Gasteiger partial charge in [0.15, 0.2) is 11.5 Å². The van der Waals surface area contributed by atoms with Crippen molar-refractivity contribution in [1.29, 1.82) is 5.26 Å². The Balaban J connectivity index is 1.82. The number of carbonyl (C=O) groups is 1. The molecule has 6 heteroatoms. The molecule has 0 N–H and O–H groups in total. The number of carbonyl (C=O) groups excluding carboxylic acids is 1. The molecule has 1 aromatic rings. The Morgan fingerprint density at radius 1 is 1.21 bits per heavy atom. The molecule has 6 nitrogen and oxygen atoms in total. The summed E-state index contributed by atoms with van der Waals surface area (Å²) < 4.78 is 16.8. The van der Waals surface area contributed by atoms with Crippen LogP contribution >= 0.6 is 0 Å². The lowest BCUT2D eigenvalue weighted by molar-refractivity contribution is -0.0138. The van der Waals surface area contributed by atoms with E-state index >= 15 is 0 Å². The second-order valence-electron chi connectivity index (χ2n) is 8.63. The zero-order valence-electron chi connectivity index (χ0n) is 18.1. The molecule has 4 atom stereocenters. The van der Waals surface area contributed by atoms with E-state index in [0.717, 1.165) is 24.0 Å². The topological polar surface area (TPSA) is 71.8 Å². The molecule has 1 aromatic carbocycles. The molecular formula is C23H32N2O4. The highest BCUT2D eigenvalue weighted by molar-refractivity contribution is 5.70. The maximum absolute atomic E-state index is 13.1. The molecule has 0 spiro atoms. The van der Waals surface area contributed by atoms with Crippen LogP contribution < -0.4 is 9.47 Å². The van der Waals surface area contributed by atoms with Crippen molar-refractivity contribution in [3.8, 4) is 17.6 Å². The maximum Gasteiger partial charge on any atom is 0.411 e. The number of amides is 1. The van der Waals surface area contributed by atoms with E-state index in [1.54, 1.807) is 25.2 Å². The Kier molecular flexibility index (Phi) is 6.56. The van der Waals surface area contributed by atoms with E-state index in [0.29, 0.717) is 42.2 Å². The van der Waals surface area contributed by atoms with Crippen molar-refractivity contribution in [2.75, 3.05) is 20.8 Å². The van der Waals surface area contributed by atoms with E-state index in [1.807, 2.05) is 6.07 Å². The zero-order valence-corrected chi connectivity index (χ0v) is 18.1. The molecule has 0 unspecified atom stereocenters. The van der Waals surface area contributed by atoms with Crippen LogP contribution in [0.4, 0.5) is 4.79 Å². The lowest BCUT2D eigenvalue weighted by Crippen LogP contribution is -2.44. The number of fused-ring (bicyclic) bond motifs is 1. The lowest BCUT2D eigenvalue weighted by Gasteiger charge is -2.39. The average molecular weight is 401 g/mol. The van der Waals surface area contributed by atoms with Crippen LogP contribution in [0.25, 0.3) is 0 Å². The first-order chi connectivity index (χ1) is 13.9. The number of rotatable bonds is 4. The molecule has 1 aliphatic carbocycles. The van der Waals surface area contributed by atoms with Crippen molar-refractivity contribution in [2.24, 2.45) is 17.8 Å². The largest absolute Gasteiger partial charge is 0.493 e. The van der Waals surface area contributed by atoms with Crippen molar-refractivity contribution in [3.63, 3.8) is 0 Å². The highest BCUT2D eigenvalue weighted by Gasteiger charge is 2.38. The van der Waals surface area contributed by atoms with Gasteiger partial charge in [-0.05, 0) is 60.3 Å². The van der Waals surface area contributed by atoms with Gasteiger partial charge in [-0.2, -0.15) is 5.26 Å². The first-order valence-corrected chi connectivity index (χ1v) is 10.5. The van der Waals surface area contributed by atoms with Gasteiger partial charge in [-0.25, -0.2) is 4.79 Å². The molecule has 1 amide bonds. The third kappa shape index (κ3) is 4.29. The number of ether oxygens (including phenoxy) is 3. The third-order valence-electron chi connectivity index (χ3n) is 6.44. The van der Waals surface area contributed by atoms with E-state index in [1.165, 1.54) is 6.42 Å². The molecule has 1 heterocycles. The predicted molar refractivity (Wildman–Crippen MR) is 110 cm³/mol. The van der Waals surface area contributed by atoms with Gasteiger partial charge in [-0.1, -0.05) is 27.2 Å². The molecule has 29 heavy (non-hydrogen) atoms. The van der Waals surface area contributed by atoms with Crippen molar-refractivity contribution < 1.29 is 19.0 Å². The molecule has 3 rings (SSSR count). The van der Waals surface area contributed by atoms with Crippen molar-refractivity contribution in [1.82, 2.24) is 4.90 Å². The summed E-state index contributed by atoms with van der Waals surface area (Å²) in [7, 11) is 3.16. The first kappa shape index (κ1) is 21.3. The normalized spacial score (nSPS) is 26.4. The summed E-state index contributed by atoms with van der Waals surface area (Å²) in [5.41, 5.74) is 1.79. The summed E-state index contributed by atoms with van der Waals surface area (Å²) in [5, 5.41) is 9.86. The molecule has 0 bridgehead atoms. The number of hydrogen-bond acceptors (Lipinski definition) is 5. The van der Waals surface area contributed by atoms with Crippen molar-refractivity contribution in [3.05, 3.63) is 23.3 Å².